The number of nitrogens with zero attached hydrogens (tertiary/aromatic N) is 2. The van der Waals surface area contributed by atoms with Gasteiger partial charge in [0.05, 0.1) is 16.5 Å². The van der Waals surface area contributed by atoms with E-state index in [1.54, 1.807) is 0 Å². The largest absolute Gasteiger partial charge is 0.481 e. The molecular weight excluding hydrogens is 351 g/mol. The minimum Gasteiger partial charge on any atom is -0.481 e. The molecule has 1 aromatic carbocycles. The highest BCUT2D eigenvalue weighted by Gasteiger charge is 2.11. The fraction of sp³-hybridized carbons (Fsp3) is 0.167. The summed E-state index contributed by atoms with van der Waals surface area (Å²) in [4.78, 5) is 22.4. The average molecular weight is 361 g/mol. The van der Waals surface area contributed by atoms with E-state index in [2.05, 4.69) is 20.8 Å². The highest BCUT2D eigenvalue weighted by molar-refractivity contribution is 7.19. The second-order valence-corrected chi connectivity index (χ2v) is 5.86. The van der Waals surface area contributed by atoms with E-state index in [1.807, 2.05) is 0 Å². The van der Waals surface area contributed by atoms with Crippen LogP contribution in [0.3, 0.4) is 0 Å². The Kier molecular flexibility index (Phi) is 5.53. The summed E-state index contributed by atoms with van der Waals surface area (Å²) in [5.74, 6) is -1.31. The van der Waals surface area contributed by atoms with Crippen LogP contribution in [0.15, 0.2) is 18.2 Å². The highest BCUT2D eigenvalue weighted by Crippen LogP contribution is 2.24. The van der Waals surface area contributed by atoms with Crippen molar-refractivity contribution in [1.82, 2.24) is 10.2 Å². The number of carbonyl (C=O) groups excluding carboxylic acids is 1. The number of amides is 1. The van der Waals surface area contributed by atoms with Crippen molar-refractivity contribution < 1.29 is 14.7 Å². The molecular formula is C12H10Cl2N4O3S. The van der Waals surface area contributed by atoms with Crippen LogP contribution < -0.4 is 10.6 Å². The summed E-state index contributed by atoms with van der Waals surface area (Å²) in [7, 11) is 0. The van der Waals surface area contributed by atoms with Crippen molar-refractivity contribution >= 4 is 56.7 Å². The number of hydrogen-bond acceptors (Lipinski definition) is 6. The lowest BCUT2D eigenvalue weighted by Gasteiger charge is -2.02. The van der Waals surface area contributed by atoms with E-state index in [9.17, 15) is 9.59 Å². The maximum Gasteiger partial charge on any atom is 0.305 e. The van der Waals surface area contributed by atoms with E-state index >= 15 is 0 Å². The van der Waals surface area contributed by atoms with Gasteiger partial charge in [0, 0.05) is 12.1 Å². The minimum absolute atomic E-state index is 0.0372. The second kappa shape index (κ2) is 7.39. The zero-order valence-corrected chi connectivity index (χ0v) is 13.3. The Balaban J connectivity index is 1.95. The summed E-state index contributed by atoms with van der Waals surface area (Å²) in [6.07, 6.45) is -0.0372. The Morgan fingerprint density at radius 1 is 1.18 bits per heavy atom. The van der Waals surface area contributed by atoms with Gasteiger partial charge >= 0.3 is 5.97 Å². The molecule has 22 heavy (non-hydrogen) atoms. The first kappa shape index (κ1) is 16.5. The molecule has 0 saturated carbocycles. The molecule has 7 nitrogen and oxygen atoms in total. The first-order valence-electron chi connectivity index (χ1n) is 6.01. The Bertz CT molecular complexity index is 707. The molecule has 0 atom stereocenters. The molecule has 0 saturated heterocycles. The average Bonchev–Trinajstić information content (AvgIpc) is 2.89. The number of anilines is 2. The quantitative estimate of drug-likeness (QED) is 0.731. The maximum atomic E-state index is 12.0. The SMILES string of the molecule is O=C(O)CCNc1nnc(NC(=O)c2ccc(Cl)c(Cl)c2)s1. The number of carboxylic acids is 1. The van der Waals surface area contributed by atoms with Crippen LogP contribution in [0, 0.1) is 0 Å². The molecule has 0 unspecified atom stereocenters. The third-order valence-corrected chi connectivity index (χ3v) is 3.98. The van der Waals surface area contributed by atoms with E-state index in [1.165, 1.54) is 18.2 Å². The fourth-order valence-electron chi connectivity index (χ4n) is 1.43. The Hall–Kier alpha value is -1.90. The van der Waals surface area contributed by atoms with Gasteiger partial charge in [-0.3, -0.25) is 14.9 Å². The molecule has 0 radical (unpaired) electrons. The maximum absolute atomic E-state index is 12.0. The number of halogens is 2. The van der Waals surface area contributed by atoms with Gasteiger partial charge in [-0.2, -0.15) is 0 Å². The van der Waals surface area contributed by atoms with E-state index in [-0.39, 0.29) is 23.1 Å². The van der Waals surface area contributed by atoms with Gasteiger partial charge in [-0.15, -0.1) is 10.2 Å². The molecule has 1 heterocycles. The summed E-state index contributed by atoms with van der Waals surface area (Å²) < 4.78 is 0. The lowest BCUT2D eigenvalue weighted by Crippen LogP contribution is -2.11. The van der Waals surface area contributed by atoms with Gasteiger partial charge in [0.15, 0.2) is 0 Å². The Morgan fingerprint density at radius 3 is 2.59 bits per heavy atom. The topological polar surface area (TPSA) is 104 Å². The monoisotopic (exact) mass is 360 g/mol. The molecule has 10 heteroatoms. The predicted octanol–water partition coefficient (Wildman–Crippen LogP) is 2.98. The van der Waals surface area contributed by atoms with Crippen molar-refractivity contribution in [3.63, 3.8) is 0 Å². The number of rotatable bonds is 6. The first-order chi connectivity index (χ1) is 10.5. The number of aliphatic carboxylic acids is 1. The highest BCUT2D eigenvalue weighted by atomic mass is 35.5. The van der Waals surface area contributed by atoms with Gasteiger partial charge in [-0.1, -0.05) is 34.5 Å². The molecule has 3 N–H and O–H groups in total. The van der Waals surface area contributed by atoms with E-state index in [4.69, 9.17) is 28.3 Å². The van der Waals surface area contributed by atoms with Crippen LogP contribution in [0.25, 0.3) is 0 Å². The first-order valence-corrected chi connectivity index (χ1v) is 7.58. The molecule has 0 fully saturated rings. The lowest BCUT2D eigenvalue weighted by atomic mass is 10.2. The molecule has 1 amide bonds. The summed E-state index contributed by atoms with van der Waals surface area (Å²) in [5, 5.41) is 22.8. The molecule has 0 aliphatic heterocycles. The van der Waals surface area contributed by atoms with Gasteiger partial charge in [0.2, 0.25) is 10.3 Å². The van der Waals surface area contributed by atoms with Gasteiger partial charge in [-0.25, -0.2) is 0 Å². The van der Waals surface area contributed by atoms with Gasteiger partial charge in [0.1, 0.15) is 0 Å². The molecule has 0 aliphatic rings. The summed E-state index contributed by atoms with van der Waals surface area (Å²) in [5.41, 5.74) is 0.338. The van der Waals surface area contributed by atoms with Gasteiger partial charge in [-0.05, 0) is 18.2 Å². The van der Waals surface area contributed by atoms with Gasteiger partial charge in [0.25, 0.3) is 5.91 Å². The van der Waals surface area contributed by atoms with Crippen LogP contribution >= 0.6 is 34.5 Å². The van der Waals surface area contributed by atoms with Crippen molar-refractivity contribution in [2.24, 2.45) is 0 Å². The zero-order valence-electron chi connectivity index (χ0n) is 11.0. The van der Waals surface area contributed by atoms with Crippen LogP contribution in [0.4, 0.5) is 10.3 Å². The van der Waals surface area contributed by atoms with Crippen molar-refractivity contribution in [2.45, 2.75) is 6.42 Å². The van der Waals surface area contributed by atoms with Crippen LogP contribution in [-0.4, -0.2) is 33.7 Å². The molecule has 2 rings (SSSR count). The molecule has 0 spiro atoms. The summed E-state index contributed by atoms with van der Waals surface area (Å²) in [6, 6.07) is 4.51. The van der Waals surface area contributed by atoms with E-state index < -0.39 is 11.9 Å². The molecule has 116 valence electrons. The van der Waals surface area contributed by atoms with Gasteiger partial charge < -0.3 is 10.4 Å². The number of nitrogens with one attached hydrogen (secondary N) is 2. The standard InChI is InChI=1S/C12H10Cl2N4O3S/c13-7-2-1-6(5-8(7)14)10(21)16-12-18-17-11(22-12)15-4-3-9(19)20/h1-2,5H,3-4H2,(H,15,17)(H,19,20)(H,16,18,21). The van der Waals surface area contributed by atoms with Crippen LogP contribution in [0.5, 0.6) is 0 Å². The summed E-state index contributed by atoms with van der Waals surface area (Å²) >= 11 is 12.7. The van der Waals surface area contributed by atoms with Crippen molar-refractivity contribution in [2.75, 3.05) is 17.2 Å². The predicted molar refractivity (Wildman–Crippen MR) is 85.1 cm³/mol. The third-order valence-electron chi connectivity index (χ3n) is 2.44. The van der Waals surface area contributed by atoms with Crippen LogP contribution in [0.1, 0.15) is 16.8 Å². The van der Waals surface area contributed by atoms with Crippen LogP contribution in [-0.2, 0) is 4.79 Å². The van der Waals surface area contributed by atoms with E-state index in [0.717, 1.165) is 11.3 Å². The van der Waals surface area contributed by atoms with Crippen LogP contribution in [0.2, 0.25) is 10.0 Å². The molecule has 0 aliphatic carbocycles. The number of benzene rings is 1. The minimum atomic E-state index is -0.912. The lowest BCUT2D eigenvalue weighted by molar-refractivity contribution is -0.136. The number of aromatic nitrogens is 2. The Morgan fingerprint density at radius 2 is 1.91 bits per heavy atom. The zero-order chi connectivity index (χ0) is 16.1. The fourth-order valence-corrected chi connectivity index (χ4v) is 2.39. The summed E-state index contributed by atoms with van der Waals surface area (Å²) in [6.45, 7) is 0.227. The van der Waals surface area contributed by atoms with Crippen molar-refractivity contribution in [3.8, 4) is 0 Å². The number of carbonyl (C=O) groups is 2. The number of hydrogen-bond donors (Lipinski definition) is 3. The number of carboxylic acid groups (broad SMARTS) is 1. The Labute approximate surface area is 139 Å². The van der Waals surface area contributed by atoms with Crippen molar-refractivity contribution in [1.29, 1.82) is 0 Å². The molecule has 0 bridgehead atoms. The normalized spacial score (nSPS) is 10.3. The second-order valence-electron chi connectivity index (χ2n) is 4.07. The third kappa shape index (κ3) is 4.55. The smallest absolute Gasteiger partial charge is 0.305 e. The molecule has 1 aromatic heterocycles. The van der Waals surface area contributed by atoms with Crippen molar-refractivity contribution in [3.05, 3.63) is 33.8 Å². The molecule has 2 aromatic rings. The van der Waals surface area contributed by atoms with E-state index in [0.29, 0.717) is 15.7 Å².